The SMILES string of the molecule is N#CC(C#N)=C(C(F)F)C(F)(F)F. The van der Waals surface area contributed by atoms with Gasteiger partial charge in [-0.15, -0.1) is 0 Å². The third-order valence-electron chi connectivity index (χ3n) is 1.02. The zero-order chi connectivity index (χ0) is 10.6. The van der Waals surface area contributed by atoms with Crippen molar-refractivity contribution in [2.75, 3.05) is 0 Å². The van der Waals surface area contributed by atoms with E-state index in [0.717, 1.165) is 12.1 Å². The maximum atomic E-state index is 11.8. The molecule has 0 bridgehead atoms. The van der Waals surface area contributed by atoms with Crippen molar-refractivity contribution in [1.82, 2.24) is 0 Å². The Balaban J connectivity index is 5.43. The first-order valence-electron chi connectivity index (χ1n) is 2.74. The summed E-state index contributed by atoms with van der Waals surface area (Å²) < 4.78 is 58.7. The van der Waals surface area contributed by atoms with Crippen LogP contribution in [-0.4, -0.2) is 12.6 Å². The van der Waals surface area contributed by atoms with Crippen molar-refractivity contribution in [2.24, 2.45) is 0 Å². The first-order valence-corrected chi connectivity index (χ1v) is 2.74. The molecule has 13 heavy (non-hydrogen) atoms. The van der Waals surface area contributed by atoms with Gasteiger partial charge >= 0.3 is 6.18 Å². The summed E-state index contributed by atoms with van der Waals surface area (Å²) in [6.07, 6.45) is -9.23. The molecule has 0 amide bonds. The average molecular weight is 196 g/mol. The van der Waals surface area contributed by atoms with Gasteiger partial charge in [-0.25, -0.2) is 8.78 Å². The van der Waals surface area contributed by atoms with E-state index >= 15 is 0 Å². The lowest BCUT2D eigenvalue weighted by Gasteiger charge is -2.09. The summed E-state index contributed by atoms with van der Waals surface area (Å²) in [5, 5.41) is 15.9. The maximum Gasteiger partial charge on any atom is 0.420 e. The Morgan fingerprint density at radius 1 is 1.08 bits per heavy atom. The molecule has 0 N–H and O–H groups in total. The minimum atomic E-state index is -5.35. The van der Waals surface area contributed by atoms with Crippen LogP contribution in [-0.2, 0) is 0 Å². The second-order valence-corrected chi connectivity index (χ2v) is 1.81. The van der Waals surface area contributed by atoms with E-state index in [4.69, 9.17) is 10.5 Å². The van der Waals surface area contributed by atoms with Gasteiger partial charge in [0.05, 0.1) is 0 Å². The van der Waals surface area contributed by atoms with E-state index < -0.39 is 23.7 Å². The molecule has 0 fully saturated rings. The van der Waals surface area contributed by atoms with Crippen molar-refractivity contribution in [2.45, 2.75) is 12.6 Å². The molecule has 0 saturated carbocycles. The van der Waals surface area contributed by atoms with Crippen LogP contribution in [0.5, 0.6) is 0 Å². The predicted molar refractivity (Wildman–Crippen MR) is 30.3 cm³/mol. The van der Waals surface area contributed by atoms with E-state index in [2.05, 4.69) is 0 Å². The van der Waals surface area contributed by atoms with Crippen molar-refractivity contribution in [1.29, 1.82) is 10.5 Å². The van der Waals surface area contributed by atoms with Crippen LogP contribution in [0, 0.1) is 22.7 Å². The molecule has 0 radical (unpaired) electrons. The first kappa shape index (κ1) is 11.4. The Kier molecular flexibility index (Phi) is 3.37. The van der Waals surface area contributed by atoms with Gasteiger partial charge in [-0.05, 0) is 0 Å². The number of halogens is 5. The Bertz CT molecular complexity index is 284. The fourth-order valence-electron chi connectivity index (χ4n) is 0.520. The van der Waals surface area contributed by atoms with Crippen LogP contribution in [0.2, 0.25) is 0 Å². The van der Waals surface area contributed by atoms with Gasteiger partial charge in [-0.2, -0.15) is 23.7 Å². The van der Waals surface area contributed by atoms with E-state index in [9.17, 15) is 22.0 Å². The molecule has 2 nitrogen and oxygen atoms in total. The molecular formula is C6HF5N2. The van der Waals surface area contributed by atoms with Gasteiger partial charge in [-0.1, -0.05) is 0 Å². The maximum absolute atomic E-state index is 11.8. The Morgan fingerprint density at radius 2 is 1.46 bits per heavy atom. The lowest BCUT2D eigenvalue weighted by molar-refractivity contribution is -0.109. The summed E-state index contributed by atoms with van der Waals surface area (Å²) in [6.45, 7) is 0. The fourth-order valence-corrected chi connectivity index (χ4v) is 0.520. The molecule has 0 aliphatic rings. The van der Waals surface area contributed by atoms with Crippen molar-refractivity contribution in [3.05, 3.63) is 11.1 Å². The summed E-state index contributed by atoms with van der Waals surface area (Å²) >= 11 is 0. The van der Waals surface area contributed by atoms with Crippen LogP contribution < -0.4 is 0 Å². The number of hydrogen-bond acceptors (Lipinski definition) is 2. The van der Waals surface area contributed by atoms with E-state index in [1.807, 2.05) is 0 Å². The van der Waals surface area contributed by atoms with E-state index in [0.29, 0.717) is 0 Å². The minimum Gasteiger partial charge on any atom is -0.205 e. The molecule has 0 rings (SSSR count). The number of allylic oxidation sites excluding steroid dienone is 2. The molecule has 0 aliphatic heterocycles. The Labute approximate surface area is 69.5 Å². The van der Waals surface area contributed by atoms with Crippen LogP contribution >= 0.6 is 0 Å². The highest BCUT2D eigenvalue weighted by Gasteiger charge is 2.42. The van der Waals surface area contributed by atoms with Gasteiger partial charge in [0.15, 0.2) is 0 Å². The molecule has 0 saturated heterocycles. The molecule has 0 atom stereocenters. The van der Waals surface area contributed by atoms with Gasteiger partial charge in [0.1, 0.15) is 23.3 Å². The van der Waals surface area contributed by atoms with Gasteiger partial charge in [0.2, 0.25) is 0 Å². The molecule has 0 aliphatic carbocycles. The van der Waals surface area contributed by atoms with Gasteiger partial charge in [0.25, 0.3) is 6.43 Å². The summed E-state index contributed by atoms with van der Waals surface area (Å²) in [4.78, 5) is 0. The Morgan fingerprint density at radius 3 is 1.54 bits per heavy atom. The minimum absolute atomic E-state index is 0.758. The quantitative estimate of drug-likeness (QED) is 0.476. The topological polar surface area (TPSA) is 47.6 Å². The third kappa shape index (κ3) is 2.71. The highest BCUT2D eigenvalue weighted by molar-refractivity contribution is 5.43. The summed E-state index contributed by atoms with van der Waals surface area (Å²) in [6, 6.07) is 1.52. The monoisotopic (exact) mass is 196 g/mol. The first-order chi connectivity index (χ1) is 5.84. The van der Waals surface area contributed by atoms with Crippen LogP contribution in [0.25, 0.3) is 0 Å². The van der Waals surface area contributed by atoms with Crippen LogP contribution in [0.1, 0.15) is 0 Å². The number of hydrogen-bond donors (Lipinski definition) is 0. The smallest absolute Gasteiger partial charge is 0.205 e. The van der Waals surface area contributed by atoms with Crippen molar-refractivity contribution in [3.8, 4) is 12.1 Å². The third-order valence-corrected chi connectivity index (χ3v) is 1.02. The van der Waals surface area contributed by atoms with Crippen LogP contribution in [0.15, 0.2) is 11.1 Å². The van der Waals surface area contributed by atoms with Crippen LogP contribution in [0.4, 0.5) is 22.0 Å². The van der Waals surface area contributed by atoms with E-state index in [1.54, 1.807) is 0 Å². The average Bonchev–Trinajstić information content (AvgIpc) is 1.96. The zero-order valence-electron chi connectivity index (χ0n) is 5.86. The second-order valence-electron chi connectivity index (χ2n) is 1.81. The molecular weight excluding hydrogens is 195 g/mol. The molecule has 0 aromatic carbocycles. The zero-order valence-corrected chi connectivity index (χ0v) is 5.86. The Hall–Kier alpha value is -1.63. The number of nitriles is 2. The standard InChI is InChI=1S/C6HF5N2/c7-5(8)4(6(9,10)11)3(1-12)2-13/h5H. The van der Waals surface area contributed by atoms with Gasteiger partial charge in [-0.3, -0.25) is 0 Å². The molecule has 7 heteroatoms. The van der Waals surface area contributed by atoms with Crippen molar-refractivity contribution >= 4 is 0 Å². The molecule has 70 valence electrons. The number of rotatable bonds is 1. The second kappa shape index (κ2) is 3.85. The summed E-state index contributed by atoms with van der Waals surface area (Å²) in [7, 11) is 0. The van der Waals surface area contributed by atoms with E-state index in [-0.39, 0.29) is 0 Å². The van der Waals surface area contributed by atoms with Gasteiger partial charge in [0, 0.05) is 0 Å². The largest absolute Gasteiger partial charge is 0.420 e. The highest BCUT2D eigenvalue weighted by Crippen LogP contribution is 2.32. The van der Waals surface area contributed by atoms with Crippen molar-refractivity contribution < 1.29 is 22.0 Å². The molecule has 0 spiro atoms. The number of alkyl halides is 5. The number of nitrogens with zero attached hydrogens (tertiary/aromatic N) is 2. The lowest BCUT2D eigenvalue weighted by atomic mass is 10.1. The molecule has 0 aromatic heterocycles. The molecule has 0 heterocycles. The highest BCUT2D eigenvalue weighted by atomic mass is 19.4. The summed E-state index contributed by atoms with van der Waals surface area (Å²) in [5.74, 6) is 0. The molecule has 0 aromatic rings. The fraction of sp³-hybridized carbons (Fsp3) is 0.333. The van der Waals surface area contributed by atoms with Crippen LogP contribution in [0.3, 0.4) is 0 Å². The van der Waals surface area contributed by atoms with Crippen molar-refractivity contribution in [3.63, 3.8) is 0 Å². The summed E-state index contributed by atoms with van der Waals surface area (Å²) in [5.41, 5.74) is -4.00. The predicted octanol–water partition coefficient (Wildman–Crippen LogP) is 2.16. The normalized spacial score (nSPS) is 10.5. The lowest BCUT2D eigenvalue weighted by Crippen LogP contribution is -2.20. The molecule has 0 unspecified atom stereocenters. The van der Waals surface area contributed by atoms with Gasteiger partial charge < -0.3 is 0 Å². The van der Waals surface area contributed by atoms with E-state index in [1.165, 1.54) is 0 Å².